The summed E-state index contributed by atoms with van der Waals surface area (Å²) < 4.78 is 40.9. The number of likely N-dealkylation sites (tertiary alicyclic amines) is 1. The Morgan fingerprint density at radius 3 is 2.90 bits per heavy atom. The highest BCUT2D eigenvalue weighted by Crippen LogP contribution is 2.26. The van der Waals surface area contributed by atoms with E-state index in [2.05, 4.69) is 20.4 Å². The first-order chi connectivity index (χ1) is 13.8. The Labute approximate surface area is 161 Å². The van der Waals surface area contributed by atoms with E-state index >= 15 is 0 Å². The Balaban J connectivity index is 1.74. The lowest BCUT2D eigenvalue weighted by atomic mass is 10.1. The van der Waals surface area contributed by atoms with Gasteiger partial charge in [-0.1, -0.05) is 0 Å². The van der Waals surface area contributed by atoms with Gasteiger partial charge in [0.05, 0.1) is 18.8 Å². The van der Waals surface area contributed by atoms with Gasteiger partial charge in [-0.15, -0.1) is 0 Å². The van der Waals surface area contributed by atoms with E-state index < -0.39 is 30.0 Å². The molecule has 29 heavy (non-hydrogen) atoms. The average molecular weight is 409 g/mol. The quantitative estimate of drug-likeness (QED) is 0.675. The molecule has 9 nitrogen and oxygen atoms in total. The zero-order valence-electron chi connectivity index (χ0n) is 15.2. The van der Waals surface area contributed by atoms with Crippen LogP contribution in [0.5, 0.6) is 0 Å². The first kappa shape index (κ1) is 19.2. The maximum atomic E-state index is 13.1. The smallest absolute Gasteiger partial charge is 0.327 e. The molecule has 3 aromatic rings. The van der Waals surface area contributed by atoms with E-state index in [1.807, 2.05) is 0 Å². The van der Waals surface area contributed by atoms with E-state index in [0.717, 1.165) is 4.68 Å². The molecule has 4 heterocycles. The van der Waals surface area contributed by atoms with Crippen LogP contribution in [0.2, 0.25) is 0 Å². The SMILES string of the molecule is O=c1[nH]cccc1Nn1c(=O)n(C2CCCN(CC(F)(F)F)C2)c2ncncc21. The topological polar surface area (TPSA) is 101 Å². The Kier molecular flexibility index (Phi) is 4.86. The van der Waals surface area contributed by atoms with E-state index in [1.54, 1.807) is 6.07 Å². The fraction of sp³-hybridized carbons (Fsp3) is 0.412. The van der Waals surface area contributed by atoms with E-state index in [4.69, 9.17) is 0 Å². The Morgan fingerprint density at radius 2 is 2.14 bits per heavy atom. The predicted molar refractivity (Wildman–Crippen MR) is 98.6 cm³/mol. The lowest BCUT2D eigenvalue weighted by molar-refractivity contribution is -0.149. The normalized spacial score (nSPS) is 18.2. The van der Waals surface area contributed by atoms with Crippen molar-refractivity contribution in [3.63, 3.8) is 0 Å². The summed E-state index contributed by atoms with van der Waals surface area (Å²) in [6.07, 6.45) is 0.911. The Hall–Kier alpha value is -3.15. The van der Waals surface area contributed by atoms with Gasteiger partial charge in [-0.25, -0.2) is 14.8 Å². The molecule has 1 aliphatic heterocycles. The second-order valence-corrected chi connectivity index (χ2v) is 6.89. The molecule has 1 unspecified atom stereocenters. The molecule has 2 N–H and O–H groups in total. The molecule has 0 spiro atoms. The van der Waals surface area contributed by atoms with E-state index in [-0.39, 0.29) is 12.2 Å². The van der Waals surface area contributed by atoms with Crippen molar-refractivity contribution < 1.29 is 13.2 Å². The van der Waals surface area contributed by atoms with Gasteiger partial charge in [0.2, 0.25) is 0 Å². The van der Waals surface area contributed by atoms with Gasteiger partial charge in [-0.05, 0) is 31.5 Å². The van der Waals surface area contributed by atoms with Gasteiger partial charge < -0.3 is 4.98 Å². The number of aromatic amines is 1. The van der Waals surface area contributed by atoms with E-state index in [9.17, 15) is 22.8 Å². The van der Waals surface area contributed by atoms with Gasteiger partial charge in [-0.2, -0.15) is 17.8 Å². The summed E-state index contributed by atoms with van der Waals surface area (Å²) in [5.41, 5.74) is 2.57. The molecular weight excluding hydrogens is 391 g/mol. The number of aromatic nitrogens is 5. The van der Waals surface area contributed by atoms with Gasteiger partial charge in [-0.3, -0.25) is 19.7 Å². The first-order valence-corrected chi connectivity index (χ1v) is 9.00. The number of rotatable bonds is 4. The molecule has 0 aromatic carbocycles. The number of pyridine rings is 1. The number of anilines is 1. The summed E-state index contributed by atoms with van der Waals surface area (Å²) in [4.78, 5) is 37.0. The molecule has 1 atom stereocenters. The summed E-state index contributed by atoms with van der Waals surface area (Å²) in [6.45, 7) is -0.631. The maximum Gasteiger partial charge on any atom is 0.401 e. The fourth-order valence-electron chi connectivity index (χ4n) is 3.67. The number of H-pyrrole nitrogens is 1. The minimum Gasteiger partial charge on any atom is -0.327 e. The minimum absolute atomic E-state index is 0.0778. The zero-order chi connectivity index (χ0) is 20.6. The van der Waals surface area contributed by atoms with Gasteiger partial charge >= 0.3 is 11.9 Å². The Bertz CT molecular complexity index is 1130. The van der Waals surface area contributed by atoms with Crippen LogP contribution in [-0.2, 0) is 0 Å². The molecule has 154 valence electrons. The van der Waals surface area contributed by atoms with Gasteiger partial charge in [0.1, 0.15) is 17.5 Å². The number of hydrogen-bond acceptors (Lipinski definition) is 6. The predicted octanol–water partition coefficient (Wildman–Crippen LogP) is 1.36. The standard InChI is InChI=1S/C17H18F3N7O2/c18-17(19,20)9-25-6-2-3-11(8-25)26-14-13(7-21-10-23-14)27(16(26)29)24-12-4-1-5-22-15(12)28/h1,4-5,7,10-11,24H,2-3,6,8-9H2,(H,22,28). The van der Waals surface area contributed by atoms with E-state index in [0.29, 0.717) is 30.6 Å². The zero-order valence-corrected chi connectivity index (χ0v) is 15.2. The molecular formula is C17H18F3N7O2. The van der Waals surface area contributed by atoms with Crippen LogP contribution in [0, 0.1) is 0 Å². The molecule has 4 rings (SSSR count). The van der Waals surface area contributed by atoms with Crippen LogP contribution < -0.4 is 16.7 Å². The van der Waals surface area contributed by atoms with Crippen molar-refractivity contribution in [3.8, 4) is 0 Å². The number of hydrogen-bond donors (Lipinski definition) is 2. The van der Waals surface area contributed by atoms with Crippen molar-refractivity contribution in [1.29, 1.82) is 0 Å². The van der Waals surface area contributed by atoms with Crippen molar-refractivity contribution in [2.75, 3.05) is 25.1 Å². The molecule has 0 amide bonds. The lowest BCUT2D eigenvalue weighted by Gasteiger charge is -2.33. The maximum absolute atomic E-state index is 13.1. The van der Waals surface area contributed by atoms with Crippen LogP contribution in [-0.4, -0.2) is 54.9 Å². The van der Waals surface area contributed by atoms with Crippen LogP contribution in [0.15, 0.2) is 40.4 Å². The van der Waals surface area contributed by atoms with Crippen molar-refractivity contribution in [2.45, 2.75) is 25.1 Å². The minimum atomic E-state index is -4.31. The van der Waals surface area contributed by atoms with Crippen LogP contribution >= 0.6 is 0 Å². The fourth-order valence-corrected chi connectivity index (χ4v) is 3.67. The summed E-state index contributed by atoms with van der Waals surface area (Å²) >= 11 is 0. The second kappa shape index (κ2) is 7.35. The Morgan fingerprint density at radius 1 is 1.31 bits per heavy atom. The highest BCUT2D eigenvalue weighted by atomic mass is 19.4. The number of nitrogens with one attached hydrogen (secondary N) is 2. The van der Waals surface area contributed by atoms with Gasteiger partial charge in [0, 0.05) is 12.7 Å². The highest BCUT2D eigenvalue weighted by Gasteiger charge is 2.34. The van der Waals surface area contributed by atoms with Gasteiger partial charge in [0.25, 0.3) is 5.56 Å². The summed E-state index contributed by atoms with van der Waals surface area (Å²) in [5.74, 6) is 0. The third-order valence-electron chi connectivity index (χ3n) is 4.84. The van der Waals surface area contributed by atoms with Gasteiger partial charge in [0.15, 0.2) is 5.65 Å². The third kappa shape index (κ3) is 3.88. The van der Waals surface area contributed by atoms with E-state index in [1.165, 1.54) is 34.3 Å². The number of piperidine rings is 1. The van der Waals surface area contributed by atoms with Crippen LogP contribution in [0.3, 0.4) is 0 Å². The van der Waals surface area contributed by atoms with Crippen LogP contribution in [0.25, 0.3) is 11.2 Å². The summed E-state index contributed by atoms with van der Waals surface area (Å²) in [7, 11) is 0. The summed E-state index contributed by atoms with van der Waals surface area (Å²) in [5, 5.41) is 0. The number of alkyl halides is 3. The van der Waals surface area contributed by atoms with Crippen molar-refractivity contribution in [1.82, 2.24) is 29.1 Å². The van der Waals surface area contributed by atoms with Crippen LogP contribution in [0.4, 0.5) is 18.9 Å². The molecule has 0 aliphatic carbocycles. The number of fused-ring (bicyclic) bond motifs is 1. The molecule has 0 radical (unpaired) electrons. The van der Waals surface area contributed by atoms with Crippen molar-refractivity contribution in [2.24, 2.45) is 0 Å². The van der Waals surface area contributed by atoms with Crippen LogP contribution in [0.1, 0.15) is 18.9 Å². The average Bonchev–Trinajstić information content (AvgIpc) is 2.94. The summed E-state index contributed by atoms with van der Waals surface area (Å²) in [6, 6.07) is 2.62. The number of halogens is 3. The van der Waals surface area contributed by atoms with Crippen molar-refractivity contribution in [3.05, 3.63) is 51.7 Å². The molecule has 1 fully saturated rings. The molecule has 0 bridgehead atoms. The lowest BCUT2D eigenvalue weighted by Crippen LogP contribution is -2.44. The molecule has 12 heteroatoms. The third-order valence-corrected chi connectivity index (χ3v) is 4.84. The first-order valence-electron chi connectivity index (χ1n) is 9.00. The molecule has 3 aromatic heterocycles. The number of nitrogens with zero attached hydrogens (tertiary/aromatic N) is 5. The monoisotopic (exact) mass is 409 g/mol. The molecule has 1 saturated heterocycles. The molecule has 1 aliphatic rings. The largest absolute Gasteiger partial charge is 0.401 e. The second-order valence-electron chi connectivity index (χ2n) is 6.89. The highest BCUT2D eigenvalue weighted by molar-refractivity contribution is 5.71. The number of imidazole rings is 1. The molecule has 0 saturated carbocycles. The van der Waals surface area contributed by atoms with Crippen molar-refractivity contribution >= 4 is 16.9 Å².